The molecule has 8 nitrogen and oxygen atoms in total. The average Bonchev–Trinajstić information content (AvgIpc) is 2.72. The second-order valence-electron chi connectivity index (χ2n) is 5.87. The number of hydrogen-bond acceptors (Lipinski definition) is 7. The highest BCUT2D eigenvalue weighted by molar-refractivity contribution is 7.92. The van der Waals surface area contributed by atoms with E-state index in [9.17, 15) is 12.8 Å². The zero-order chi connectivity index (χ0) is 21.6. The molecule has 2 aromatic carbocycles. The van der Waals surface area contributed by atoms with Gasteiger partial charge in [-0.15, -0.1) is 0 Å². The molecule has 0 fully saturated rings. The summed E-state index contributed by atoms with van der Waals surface area (Å²) in [6.07, 6.45) is 2.43. The van der Waals surface area contributed by atoms with Crippen LogP contribution in [0.4, 0.5) is 10.1 Å². The Balaban J connectivity index is 1.81. The third kappa shape index (κ3) is 5.15. The molecule has 30 heavy (non-hydrogen) atoms. The normalized spacial score (nSPS) is 11.0. The fraction of sp³-hybridized carbons (Fsp3) is 0.200. The molecule has 0 unspecified atom stereocenters. The van der Waals surface area contributed by atoms with Crippen LogP contribution in [0.15, 0.2) is 59.8 Å². The number of para-hydroxylation sites is 1. The zero-order valence-corrected chi connectivity index (χ0v) is 17.1. The number of nitrogens with zero attached hydrogens (tertiary/aromatic N) is 2. The number of hydrogen-bond donors (Lipinski definition) is 1. The molecule has 0 aliphatic carbocycles. The van der Waals surface area contributed by atoms with Crippen LogP contribution in [0.25, 0.3) is 0 Å². The molecule has 3 aromatic rings. The van der Waals surface area contributed by atoms with Crippen molar-refractivity contribution in [2.45, 2.75) is 18.7 Å². The second kappa shape index (κ2) is 9.40. The molecule has 0 spiro atoms. The van der Waals surface area contributed by atoms with Gasteiger partial charge in [0.25, 0.3) is 10.0 Å². The summed E-state index contributed by atoms with van der Waals surface area (Å²) in [5.74, 6) is -0.0245. The molecule has 1 N–H and O–H groups in total. The molecule has 0 radical (unpaired) electrons. The molecule has 0 amide bonds. The monoisotopic (exact) mass is 433 g/mol. The minimum Gasteiger partial charge on any atom is -0.494 e. The van der Waals surface area contributed by atoms with Gasteiger partial charge in [-0.1, -0.05) is 12.1 Å². The van der Waals surface area contributed by atoms with Crippen LogP contribution in [0.1, 0.15) is 13.8 Å². The largest absolute Gasteiger partial charge is 0.494 e. The zero-order valence-electron chi connectivity index (χ0n) is 16.3. The first kappa shape index (κ1) is 21.3. The smallest absolute Gasteiger partial charge is 0.322 e. The topological polar surface area (TPSA) is 99.6 Å². The van der Waals surface area contributed by atoms with E-state index >= 15 is 0 Å². The van der Waals surface area contributed by atoms with Crippen molar-refractivity contribution in [3.8, 4) is 23.3 Å². The van der Waals surface area contributed by atoms with Gasteiger partial charge in [-0.2, -0.15) is 0 Å². The summed E-state index contributed by atoms with van der Waals surface area (Å²) in [4.78, 5) is 7.75. The third-order valence-corrected chi connectivity index (χ3v) is 5.14. The van der Waals surface area contributed by atoms with Gasteiger partial charge in [0.15, 0.2) is 11.6 Å². The fourth-order valence-corrected chi connectivity index (χ4v) is 3.68. The van der Waals surface area contributed by atoms with Crippen molar-refractivity contribution >= 4 is 15.7 Å². The van der Waals surface area contributed by atoms with Gasteiger partial charge in [0.2, 0.25) is 0 Å². The van der Waals surface area contributed by atoms with Crippen molar-refractivity contribution in [3.05, 3.63) is 60.7 Å². The minimum atomic E-state index is -4.02. The molecule has 0 aliphatic heterocycles. The molecule has 0 saturated heterocycles. The highest BCUT2D eigenvalue weighted by Gasteiger charge is 2.21. The summed E-state index contributed by atoms with van der Waals surface area (Å²) < 4.78 is 57.9. The highest BCUT2D eigenvalue weighted by atomic mass is 32.2. The number of aromatic nitrogens is 2. The van der Waals surface area contributed by atoms with E-state index in [1.165, 1.54) is 42.7 Å². The van der Waals surface area contributed by atoms with Gasteiger partial charge in [0.1, 0.15) is 16.4 Å². The maximum atomic E-state index is 13.7. The van der Waals surface area contributed by atoms with E-state index in [2.05, 4.69) is 14.7 Å². The van der Waals surface area contributed by atoms with E-state index in [0.29, 0.717) is 19.0 Å². The van der Waals surface area contributed by atoms with Crippen molar-refractivity contribution < 1.29 is 27.0 Å². The minimum absolute atomic E-state index is 0.0417. The van der Waals surface area contributed by atoms with Crippen LogP contribution >= 0.6 is 0 Å². The lowest BCUT2D eigenvalue weighted by Crippen LogP contribution is -2.15. The molecular formula is C20H20FN3O5S. The molecule has 0 aliphatic rings. The molecule has 158 valence electrons. The summed E-state index contributed by atoms with van der Waals surface area (Å²) in [5, 5.41) is 0. The number of anilines is 1. The second-order valence-corrected chi connectivity index (χ2v) is 7.52. The first-order valence-electron chi connectivity index (χ1n) is 9.09. The number of benzene rings is 2. The number of rotatable bonds is 9. The number of ether oxygens (including phenoxy) is 3. The lowest BCUT2D eigenvalue weighted by atomic mass is 10.3. The molecule has 0 bridgehead atoms. The predicted molar refractivity (Wildman–Crippen MR) is 108 cm³/mol. The first-order valence-corrected chi connectivity index (χ1v) is 10.6. The Morgan fingerprint density at radius 2 is 1.67 bits per heavy atom. The van der Waals surface area contributed by atoms with E-state index in [0.717, 1.165) is 0 Å². The fourth-order valence-electron chi connectivity index (χ4n) is 2.49. The van der Waals surface area contributed by atoms with E-state index in [1.807, 2.05) is 0 Å². The van der Waals surface area contributed by atoms with Gasteiger partial charge < -0.3 is 14.2 Å². The van der Waals surface area contributed by atoms with Gasteiger partial charge >= 0.3 is 6.01 Å². The Morgan fingerprint density at radius 1 is 0.967 bits per heavy atom. The third-order valence-electron chi connectivity index (χ3n) is 3.73. The van der Waals surface area contributed by atoms with Crippen LogP contribution in [-0.4, -0.2) is 31.6 Å². The van der Waals surface area contributed by atoms with E-state index in [-0.39, 0.29) is 28.1 Å². The van der Waals surface area contributed by atoms with Crippen molar-refractivity contribution in [3.63, 3.8) is 0 Å². The van der Waals surface area contributed by atoms with Crippen LogP contribution in [0, 0.1) is 5.82 Å². The Kier molecular flexibility index (Phi) is 6.68. The van der Waals surface area contributed by atoms with Crippen LogP contribution in [0.3, 0.4) is 0 Å². The summed E-state index contributed by atoms with van der Waals surface area (Å²) in [7, 11) is -4.02. The van der Waals surface area contributed by atoms with E-state index in [4.69, 9.17) is 14.2 Å². The van der Waals surface area contributed by atoms with Crippen LogP contribution in [0.5, 0.6) is 23.3 Å². The van der Waals surface area contributed by atoms with Gasteiger partial charge in [0.05, 0.1) is 31.3 Å². The Morgan fingerprint density at radius 3 is 2.33 bits per heavy atom. The predicted octanol–water partition coefficient (Wildman–Crippen LogP) is 4.01. The first-order chi connectivity index (χ1) is 14.4. The van der Waals surface area contributed by atoms with E-state index < -0.39 is 15.8 Å². The van der Waals surface area contributed by atoms with Gasteiger partial charge in [-0.05, 0) is 38.1 Å². The summed E-state index contributed by atoms with van der Waals surface area (Å²) >= 11 is 0. The summed E-state index contributed by atoms with van der Waals surface area (Å²) in [6, 6.07) is 10.2. The van der Waals surface area contributed by atoms with E-state index in [1.54, 1.807) is 26.0 Å². The van der Waals surface area contributed by atoms with Crippen molar-refractivity contribution in [2.24, 2.45) is 0 Å². The van der Waals surface area contributed by atoms with Gasteiger partial charge in [-0.3, -0.25) is 4.72 Å². The quantitative estimate of drug-likeness (QED) is 0.544. The lowest BCUT2D eigenvalue weighted by molar-refractivity contribution is 0.322. The van der Waals surface area contributed by atoms with Gasteiger partial charge in [0, 0.05) is 6.07 Å². The number of halogens is 1. The molecule has 1 aromatic heterocycles. The average molecular weight is 433 g/mol. The van der Waals surface area contributed by atoms with Crippen molar-refractivity contribution in [1.82, 2.24) is 9.97 Å². The molecule has 3 rings (SSSR count). The number of sulfonamides is 1. The SMILES string of the molecule is CCOc1ccc(OCC)c(S(=O)(=O)Nc2cnc(Oc3ccccc3F)nc2)c1. The van der Waals surface area contributed by atoms with Crippen LogP contribution < -0.4 is 18.9 Å². The highest BCUT2D eigenvalue weighted by Crippen LogP contribution is 2.30. The maximum Gasteiger partial charge on any atom is 0.322 e. The van der Waals surface area contributed by atoms with Crippen molar-refractivity contribution in [1.29, 1.82) is 0 Å². The number of nitrogens with one attached hydrogen (secondary N) is 1. The van der Waals surface area contributed by atoms with Gasteiger partial charge in [-0.25, -0.2) is 22.8 Å². The molecule has 0 saturated carbocycles. The Hall–Kier alpha value is -3.40. The Bertz CT molecular complexity index is 1110. The standard InChI is InChI=1S/C20H20FN3O5S/c1-3-27-15-9-10-18(28-4-2)19(11-15)30(25,26)24-14-12-22-20(23-13-14)29-17-8-6-5-7-16(17)21/h5-13,24H,3-4H2,1-2H3. The van der Waals surface area contributed by atoms with Crippen LogP contribution in [0.2, 0.25) is 0 Å². The lowest BCUT2D eigenvalue weighted by Gasteiger charge is -2.14. The molecule has 0 atom stereocenters. The molecular weight excluding hydrogens is 413 g/mol. The van der Waals surface area contributed by atoms with Crippen LogP contribution in [-0.2, 0) is 10.0 Å². The summed E-state index contributed by atoms with van der Waals surface area (Å²) in [6.45, 7) is 4.23. The Labute approximate surface area is 173 Å². The van der Waals surface area contributed by atoms with Crippen molar-refractivity contribution in [2.75, 3.05) is 17.9 Å². The maximum absolute atomic E-state index is 13.7. The molecule has 10 heteroatoms. The summed E-state index contributed by atoms with van der Waals surface area (Å²) in [5.41, 5.74) is 0.0974. The molecule has 1 heterocycles.